The number of benzene rings is 1. The van der Waals surface area contributed by atoms with Crippen molar-refractivity contribution in [1.82, 2.24) is 13.7 Å². The fourth-order valence-corrected chi connectivity index (χ4v) is 3.19. The Morgan fingerprint density at radius 3 is 2.44 bits per heavy atom. The van der Waals surface area contributed by atoms with Gasteiger partial charge in [0.05, 0.1) is 11.0 Å². The van der Waals surface area contributed by atoms with Crippen molar-refractivity contribution in [3.05, 3.63) is 61.9 Å². The Hall–Kier alpha value is -3.60. The van der Waals surface area contributed by atoms with Crippen molar-refractivity contribution in [1.29, 1.82) is 5.26 Å². The molecule has 138 valence electrons. The smallest absolute Gasteiger partial charge is 0.324 e. The second-order valence-electron chi connectivity index (χ2n) is 6.50. The van der Waals surface area contributed by atoms with E-state index >= 15 is 0 Å². The summed E-state index contributed by atoms with van der Waals surface area (Å²) >= 11 is 0. The van der Waals surface area contributed by atoms with Gasteiger partial charge in [-0.25, -0.2) is 4.79 Å². The van der Waals surface area contributed by atoms with Crippen LogP contribution in [0.1, 0.15) is 16.8 Å². The van der Waals surface area contributed by atoms with Crippen LogP contribution in [0.5, 0.6) is 0 Å². The van der Waals surface area contributed by atoms with Crippen LogP contribution in [0.15, 0.2) is 33.9 Å². The molecule has 3 aromatic rings. The van der Waals surface area contributed by atoms with E-state index in [1.165, 1.54) is 13.7 Å². The van der Waals surface area contributed by atoms with E-state index in [9.17, 15) is 14.4 Å². The molecule has 0 radical (unpaired) electrons. The number of anilines is 1. The van der Waals surface area contributed by atoms with Crippen molar-refractivity contribution in [2.24, 2.45) is 14.1 Å². The highest BCUT2D eigenvalue weighted by atomic mass is 16.2. The van der Waals surface area contributed by atoms with Gasteiger partial charge in [-0.3, -0.25) is 18.7 Å². The first-order valence-electron chi connectivity index (χ1n) is 8.31. The first kappa shape index (κ1) is 18.2. The van der Waals surface area contributed by atoms with Crippen molar-refractivity contribution < 1.29 is 4.79 Å². The molecule has 8 heteroatoms. The zero-order valence-corrected chi connectivity index (χ0v) is 15.5. The van der Waals surface area contributed by atoms with E-state index in [0.717, 1.165) is 5.52 Å². The highest BCUT2D eigenvalue weighted by Crippen LogP contribution is 2.17. The molecular weight excluding hydrogens is 346 g/mol. The minimum Gasteiger partial charge on any atom is -0.324 e. The highest BCUT2D eigenvalue weighted by Gasteiger charge is 2.14. The Morgan fingerprint density at radius 1 is 1.11 bits per heavy atom. The first-order valence-corrected chi connectivity index (χ1v) is 8.31. The second-order valence-corrected chi connectivity index (χ2v) is 6.50. The van der Waals surface area contributed by atoms with Crippen LogP contribution in [-0.2, 0) is 25.4 Å². The van der Waals surface area contributed by atoms with Crippen molar-refractivity contribution in [2.75, 3.05) is 5.32 Å². The maximum Gasteiger partial charge on any atom is 0.328 e. The Labute approximate surface area is 154 Å². The predicted octanol–water partition coefficient (Wildman–Crippen LogP) is 1.17. The zero-order chi connectivity index (χ0) is 19.9. The Balaban J connectivity index is 1.90. The number of imidazole rings is 1. The molecule has 0 atom stereocenters. The molecule has 0 saturated heterocycles. The van der Waals surface area contributed by atoms with Crippen LogP contribution in [0.2, 0.25) is 0 Å². The number of hydrogen-bond acceptors (Lipinski definition) is 4. The lowest BCUT2D eigenvalue weighted by atomic mass is 10.1. The van der Waals surface area contributed by atoms with E-state index in [2.05, 4.69) is 5.32 Å². The molecule has 0 unspecified atom stereocenters. The molecule has 0 bridgehead atoms. The maximum atomic E-state index is 12.4. The number of nitrogens with zero attached hydrogens (tertiary/aromatic N) is 4. The minimum atomic E-state index is -0.481. The second kappa shape index (κ2) is 6.61. The summed E-state index contributed by atoms with van der Waals surface area (Å²) in [6.45, 7) is 3.21. The number of aromatic nitrogens is 3. The van der Waals surface area contributed by atoms with Gasteiger partial charge in [-0.05, 0) is 43.7 Å². The molecule has 1 N–H and O–H groups in total. The number of carbonyl (C=O) groups excluding carboxylic acids is 1. The quantitative estimate of drug-likeness (QED) is 0.752. The number of fused-ring (bicyclic) bond motifs is 1. The molecule has 2 aromatic heterocycles. The van der Waals surface area contributed by atoms with Crippen molar-refractivity contribution in [2.45, 2.75) is 20.4 Å². The molecular formula is C19H19N5O3. The number of aryl methyl sites for hydroxylation is 4. The van der Waals surface area contributed by atoms with Crippen LogP contribution < -0.4 is 16.6 Å². The number of carbonyl (C=O) groups is 1. The van der Waals surface area contributed by atoms with E-state index in [1.54, 1.807) is 52.2 Å². The van der Waals surface area contributed by atoms with Gasteiger partial charge in [-0.2, -0.15) is 5.26 Å². The van der Waals surface area contributed by atoms with Gasteiger partial charge in [0, 0.05) is 25.5 Å². The third-order valence-corrected chi connectivity index (χ3v) is 4.67. The van der Waals surface area contributed by atoms with Crippen LogP contribution in [0.25, 0.3) is 11.0 Å². The summed E-state index contributed by atoms with van der Waals surface area (Å²) < 4.78 is 4.30. The summed E-state index contributed by atoms with van der Waals surface area (Å²) in [6.07, 6.45) is 0. The van der Waals surface area contributed by atoms with Gasteiger partial charge in [0.1, 0.15) is 18.2 Å². The number of nitrogens with one attached hydrogen (secondary N) is 1. The molecule has 0 aliphatic carbocycles. The maximum absolute atomic E-state index is 12.4. The van der Waals surface area contributed by atoms with Gasteiger partial charge in [-0.15, -0.1) is 0 Å². The van der Waals surface area contributed by atoms with Crippen LogP contribution in [-0.4, -0.2) is 19.6 Å². The van der Waals surface area contributed by atoms with Crippen molar-refractivity contribution >= 4 is 22.6 Å². The molecule has 1 aromatic carbocycles. The number of amides is 1. The summed E-state index contributed by atoms with van der Waals surface area (Å²) in [7, 11) is 3.34. The standard InChI is InChI=1S/C19H19N5O3/c1-11-7-12(2)24(18(26)14(11)9-20)10-17(25)21-13-5-6-15-16(8-13)23(4)19(27)22(15)3/h5-8H,10H2,1-4H3,(H,21,25). The largest absolute Gasteiger partial charge is 0.328 e. The summed E-state index contributed by atoms with van der Waals surface area (Å²) in [5.41, 5.74) is 2.56. The SMILES string of the molecule is Cc1cc(C)n(CC(=O)Nc2ccc3c(c2)n(C)c(=O)n3C)c(=O)c1C#N. The van der Waals surface area contributed by atoms with Gasteiger partial charge in [-0.1, -0.05) is 0 Å². The third-order valence-electron chi connectivity index (χ3n) is 4.67. The van der Waals surface area contributed by atoms with Gasteiger partial charge < -0.3 is 9.88 Å². The van der Waals surface area contributed by atoms with E-state index in [1.807, 2.05) is 6.07 Å². The number of pyridine rings is 1. The molecule has 0 aliphatic rings. The molecule has 0 saturated carbocycles. The number of hydrogen-bond donors (Lipinski definition) is 1. The minimum absolute atomic E-state index is 0.0362. The molecule has 8 nitrogen and oxygen atoms in total. The monoisotopic (exact) mass is 365 g/mol. The van der Waals surface area contributed by atoms with Gasteiger partial charge >= 0.3 is 5.69 Å². The van der Waals surface area contributed by atoms with Gasteiger partial charge in [0.25, 0.3) is 5.56 Å². The molecule has 27 heavy (non-hydrogen) atoms. The third kappa shape index (κ3) is 3.04. The lowest BCUT2D eigenvalue weighted by Gasteiger charge is -2.12. The molecule has 1 amide bonds. The Kier molecular flexibility index (Phi) is 4.45. The van der Waals surface area contributed by atoms with Crippen LogP contribution >= 0.6 is 0 Å². The van der Waals surface area contributed by atoms with Crippen molar-refractivity contribution in [3.8, 4) is 6.07 Å². The topological polar surface area (TPSA) is 102 Å². The van der Waals surface area contributed by atoms with Gasteiger partial charge in [0.2, 0.25) is 5.91 Å². The molecule has 0 fully saturated rings. The molecule has 2 heterocycles. The van der Waals surface area contributed by atoms with Gasteiger partial charge in [0.15, 0.2) is 0 Å². The van der Waals surface area contributed by atoms with Crippen LogP contribution in [0, 0.1) is 25.2 Å². The average Bonchev–Trinajstić information content (AvgIpc) is 2.83. The summed E-state index contributed by atoms with van der Waals surface area (Å²) in [5.74, 6) is -0.395. The number of rotatable bonds is 3. The van der Waals surface area contributed by atoms with E-state index in [4.69, 9.17) is 5.26 Å². The van der Waals surface area contributed by atoms with E-state index in [-0.39, 0.29) is 17.8 Å². The fourth-order valence-electron chi connectivity index (χ4n) is 3.19. The summed E-state index contributed by atoms with van der Waals surface area (Å²) in [6, 6.07) is 8.76. The van der Waals surface area contributed by atoms with Crippen LogP contribution in [0.3, 0.4) is 0 Å². The lowest BCUT2D eigenvalue weighted by molar-refractivity contribution is -0.116. The predicted molar refractivity (Wildman–Crippen MR) is 102 cm³/mol. The van der Waals surface area contributed by atoms with E-state index in [0.29, 0.717) is 22.5 Å². The molecule has 0 aliphatic heterocycles. The lowest BCUT2D eigenvalue weighted by Crippen LogP contribution is -2.31. The zero-order valence-electron chi connectivity index (χ0n) is 15.5. The summed E-state index contributed by atoms with van der Waals surface area (Å²) in [4.78, 5) is 36.8. The summed E-state index contributed by atoms with van der Waals surface area (Å²) in [5, 5.41) is 11.9. The average molecular weight is 365 g/mol. The fraction of sp³-hybridized carbons (Fsp3) is 0.263. The van der Waals surface area contributed by atoms with E-state index < -0.39 is 11.5 Å². The Morgan fingerprint density at radius 2 is 1.78 bits per heavy atom. The molecule has 3 rings (SSSR count). The van der Waals surface area contributed by atoms with Crippen LogP contribution in [0.4, 0.5) is 5.69 Å². The normalized spacial score (nSPS) is 10.8. The van der Waals surface area contributed by atoms with Crippen molar-refractivity contribution in [3.63, 3.8) is 0 Å². The highest BCUT2D eigenvalue weighted by molar-refractivity contribution is 5.93. The Bertz CT molecular complexity index is 1240. The first-order chi connectivity index (χ1) is 12.7. The molecule has 0 spiro atoms. The number of nitriles is 1.